The highest BCUT2D eigenvalue weighted by Crippen LogP contribution is 2.13. The Morgan fingerprint density at radius 1 is 1.24 bits per heavy atom. The highest BCUT2D eigenvalue weighted by molar-refractivity contribution is 4.75. The molecule has 0 aromatic carbocycles. The number of rotatable bonds is 5. The van der Waals surface area contributed by atoms with Crippen LogP contribution in [0.15, 0.2) is 0 Å². The maximum absolute atomic E-state index is 5.05. The average molecular weight is 248 g/mol. The topological polar surface area (TPSA) is 24.9 Å². The third kappa shape index (κ3) is 10.7. The molecule has 1 saturated heterocycles. The fourth-order valence-electron chi connectivity index (χ4n) is 1.66. The number of nitrogens with zero attached hydrogens (tertiary/aromatic N) is 2. The van der Waals surface area contributed by atoms with Crippen molar-refractivity contribution in [2.24, 2.45) is 0 Å². The van der Waals surface area contributed by atoms with E-state index in [1.54, 1.807) is 14.2 Å². The predicted molar refractivity (Wildman–Crippen MR) is 74.7 cm³/mol. The second kappa shape index (κ2) is 12.3. The summed E-state index contributed by atoms with van der Waals surface area (Å²) >= 11 is 0. The van der Waals surface area contributed by atoms with Crippen LogP contribution in [0, 0.1) is 0 Å². The van der Waals surface area contributed by atoms with Crippen molar-refractivity contribution in [1.29, 1.82) is 0 Å². The van der Waals surface area contributed by atoms with Crippen LogP contribution in [-0.4, -0.2) is 77.5 Å². The van der Waals surface area contributed by atoms with Gasteiger partial charge < -0.3 is 19.3 Å². The molecule has 0 amide bonds. The summed E-state index contributed by atoms with van der Waals surface area (Å²) in [5.41, 5.74) is 0. The summed E-state index contributed by atoms with van der Waals surface area (Å²) in [6, 6.07) is 0.690. The molecule has 4 nitrogen and oxygen atoms in total. The number of likely N-dealkylation sites (N-methyl/N-ethyl adjacent to an activating group) is 2. The van der Waals surface area contributed by atoms with E-state index in [0.717, 1.165) is 19.8 Å². The van der Waals surface area contributed by atoms with Gasteiger partial charge in [0, 0.05) is 26.8 Å². The minimum atomic E-state index is 0. The summed E-state index contributed by atoms with van der Waals surface area (Å²) in [6.07, 6.45) is 2.65. The standard InChI is InChI=1S/C7H15NO.C5H13NO.CH4/c1-8-5-3-4-7(8)6-9-2;1-6(2)4-5-7-3;/h7H,3-6H2,1-2H3;4-5H2,1-3H3;1H4. The molecular weight excluding hydrogens is 216 g/mol. The molecule has 1 atom stereocenters. The third-order valence-corrected chi connectivity index (χ3v) is 2.77. The SMILES string of the molecule is C.COCC1CCCN1C.COCCN(C)C. The van der Waals surface area contributed by atoms with Gasteiger partial charge in [-0.05, 0) is 40.5 Å². The highest BCUT2D eigenvalue weighted by atomic mass is 16.5. The summed E-state index contributed by atoms with van der Waals surface area (Å²) in [7, 11) is 9.70. The molecule has 1 aliphatic heterocycles. The van der Waals surface area contributed by atoms with E-state index in [0.29, 0.717) is 6.04 Å². The largest absolute Gasteiger partial charge is 0.383 e. The van der Waals surface area contributed by atoms with Crippen molar-refractivity contribution >= 4 is 0 Å². The van der Waals surface area contributed by atoms with Gasteiger partial charge in [-0.3, -0.25) is 0 Å². The Morgan fingerprint density at radius 2 is 1.88 bits per heavy atom. The van der Waals surface area contributed by atoms with Crippen LogP contribution >= 0.6 is 0 Å². The molecule has 0 radical (unpaired) electrons. The van der Waals surface area contributed by atoms with Gasteiger partial charge in [-0.25, -0.2) is 0 Å². The van der Waals surface area contributed by atoms with Crippen LogP contribution in [0.3, 0.4) is 0 Å². The zero-order valence-electron chi connectivity index (χ0n) is 11.5. The van der Waals surface area contributed by atoms with Crippen molar-refractivity contribution < 1.29 is 9.47 Å². The van der Waals surface area contributed by atoms with Crippen LogP contribution in [0.1, 0.15) is 20.3 Å². The lowest BCUT2D eigenvalue weighted by Crippen LogP contribution is -2.28. The Labute approximate surface area is 108 Å². The monoisotopic (exact) mass is 248 g/mol. The molecule has 1 unspecified atom stereocenters. The molecule has 0 saturated carbocycles. The Balaban J connectivity index is 0. The molecule has 106 valence electrons. The third-order valence-electron chi connectivity index (χ3n) is 2.77. The van der Waals surface area contributed by atoms with Gasteiger partial charge in [0.1, 0.15) is 0 Å². The highest BCUT2D eigenvalue weighted by Gasteiger charge is 2.19. The summed E-state index contributed by atoms with van der Waals surface area (Å²) in [5, 5.41) is 0. The zero-order chi connectivity index (χ0) is 12.4. The molecule has 0 aromatic heterocycles. The molecular formula is C13H32N2O2. The van der Waals surface area contributed by atoms with Crippen molar-refractivity contribution in [1.82, 2.24) is 9.80 Å². The molecule has 1 heterocycles. The molecule has 4 heteroatoms. The van der Waals surface area contributed by atoms with Gasteiger partial charge in [0.05, 0.1) is 13.2 Å². The number of hydrogen-bond donors (Lipinski definition) is 0. The van der Waals surface area contributed by atoms with Crippen LogP contribution in [0.5, 0.6) is 0 Å². The van der Waals surface area contributed by atoms with E-state index in [-0.39, 0.29) is 7.43 Å². The molecule has 0 N–H and O–H groups in total. The molecule has 17 heavy (non-hydrogen) atoms. The lowest BCUT2D eigenvalue weighted by Gasteiger charge is -2.17. The van der Waals surface area contributed by atoms with Gasteiger partial charge in [0.15, 0.2) is 0 Å². The number of likely N-dealkylation sites (tertiary alicyclic amines) is 1. The van der Waals surface area contributed by atoms with Gasteiger partial charge in [-0.2, -0.15) is 0 Å². The Morgan fingerprint density at radius 3 is 2.18 bits per heavy atom. The average Bonchev–Trinajstić information content (AvgIpc) is 2.63. The summed E-state index contributed by atoms with van der Waals surface area (Å²) in [4.78, 5) is 4.45. The van der Waals surface area contributed by atoms with Gasteiger partial charge >= 0.3 is 0 Å². The summed E-state index contributed by atoms with van der Waals surface area (Å²) in [6.45, 7) is 3.98. The molecule has 0 aromatic rings. The second-order valence-corrected chi connectivity index (χ2v) is 4.53. The Bertz CT molecular complexity index is 154. The first-order valence-corrected chi connectivity index (χ1v) is 5.94. The van der Waals surface area contributed by atoms with Crippen molar-refractivity contribution in [3.8, 4) is 0 Å². The number of hydrogen-bond acceptors (Lipinski definition) is 4. The quantitative estimate of drug-likeness (QED) is 0.737. The number of ether oxygens (including phenoxy) is 2. The van der Waals surface area contributed by atoms with Crippen LogP contribution in [0.25, 0.3) is 0 Å². The lowest BCUT2D eigenvalue weighted by atomic mass is 10.2. The maximum atomic E-state index is 5.05. The van der Waals surface area contributed by atoms with E-state index in [4.69, 9.17) is 9.47 Å². The molecule has 0 bridgehead atoms. The van der Waals surface area contributed by atoms with Crippen molar-refractivity contribution in [2.75, 3.05) is 61.7 Å². The van der Waals surface area contributed by atoms with Crippen LogP contribution in [0.2, 0.25) is 0 Å². The molecule has 1 fully saturated rings. The van der Waals surface area contributed by atoms with Gasteiger partial charge in [-0.1, -0.05) is 7.43 Å². The minimum Gasteiger partial charge on any atom is -0.383 e. The molecule has 0 spiro atoms. The van der Waals surface area contributed by atoms with Crippen LogP contribution < -0.4 is 0 Å². The van der Waals surface area contributed by atoms with Crippen LogP contribution in [-0.2, 0) is 9.47 Å². The van der Waals surface area contributed by atoms with E-state index in [9.17, 15) is 0 Å². The smallest absolute Gasteiger partial charge is 0.0617 e. The lowest BCUT2D eigenvalue weighted by molar-refractivity contribution is 0.129. The molecule has 1 rings (SSSR count). The molecule has 0 aliphatic carbocycles. The van der Waals surface area contributed by atoms with Crippen molar-refractivity contribution in [2.45, 2.75) is 26.3 Å². The predicted octanol–water partition coefficient (Wildman–Crippen LogP) is 1.56. The zero-order valence-corrected chi connectivity index (χ0v) is 11.5. The van der Waals surface area contributed by atoms with E-state index < -0.39 is 0 Å². The Hall–Kier alpha value is -0.160. The van der Waals surface area contributed by atoms with Gasteiger partial charge in [0.25, 0.3) is 0 Å². The van der Waals surface area contributed by atoms with Gasteiger partial charge in [-0.15, -0.1) is 0 Å². The first-order valence-electron chi connectivity index (χ1n) is 5.94. The normalized spacial score (nSPS) is 19.8. The summed E-state index contributed by atoms with van der Waals surface area (Å²) < 4.78 is 9.87. The van der Waals surface area contributed by atoms with Crippen molar-refractivity contribution in [3.63, 3.8) is 0 Å². The summed E-state index contributed by atoms with van der Waals surface area (Å²) in [5.74, 6) is 0. The fraction of sp³-hybridized carbons (Fsp3) is 1.00. The minimum absolute atomic E-state index is 0. The first-order chi connectivity index (χ1) is 7.61. The number of methoxy groups -OCH3 is 2. The van der Waals surface area contributed by atoms with Gasteiger partial charge in [0.2, 0.25) is 0 Å². The fourth-order valence-corrected chi connectivity index (χ4v) is 1.66. The first kappa shape index (κ1) is 19.2. The Kier molecular flexibility index (Phi) is 13.9. The van der Waals surface area contributed by atoms with E-state index in [1.165, 1.54) is 19.4 Å². The van der Waals surface area contributed by atoms with E-state index in [1.807, 2.05) is 14.1 Å². The van der Waals surface area contributed by atoms with E-state index >= 15 is 0 Å². The molecule has 1 aliphatic rings. The maximum Gasteiger partial charge on any atom is 0.0617 e. The van der Waals surface area contributed by atoms with E-state index in [2.05, 4.69) is 16.8 Å². The van der Waals surface area contributed by atoms with Crippen molar-refractivity contribution in [3.05, 3.63) is 0 Å². The second-order valence-electron chi connectivity index (χ2n) is 4.53. The van der Waals surface area contributed by atoms with Crippen LogP contribution in [0.4, 0.5) is 0 Å².